The summed E-state index contributed by atoms with van der Waals surface area (Å²) in [5.41, 5.74) is 0. The molecule has 1 saturated carbocycles. The molecule has 1 aliphatic rings. The van der Waals surface area contributed by atoms with Crippen LogP contribution in [-0.2, 0) is 9.47 Å². The fourth-order valence-electron chi connectivity index (χ4n) is 2.22. The zero-order valence-electron chi connectivity index (χ0n) is 10.8. The van der Waals surface area contributed by atoms with Crippen molar-refractivity contribution >= 4 is 0 Å². The van der Waals surface area contributed by atoms with Gasteiger partial charge >= 0.3 is 0 Å². The van der Waals surface area contributed by atoms with E-state index in [1.54, 1.807) is 7.11 Å². The number of ether oxygens (including phenoxy) is 2. The van der Waals surface area contributed by atoms with E-state index in [2.05, 4.69) is 12.2 Å². The zero-order valence-corrected chi connectivity index (χ0v) is 10.8. The predicted octanol–water partition coefficient (Wildman–Crippen LogP) is 2.35. The van der Waals surface area contributed by atoms with Crippen molar-refractivity contribution in [2.75, 3.05) is 26.8 Å². The van der Waals surface area contributed by atoms with E-state index in [-0.39, 0.29) is 0 Å². The minimum atomic E-state index is 0.339. The quantitative estimate of drug-likeness (QED) is 0.648. The molecule has 1 atom stereocenters. The lowest BCUT2D eigenvalue weighted by atomic mass is 9.98. The van der Waals surface area contributed by atoms with Gasteiger partial charge in [0.1, 0.15) is 0 Å². The molecular weight excluding hydrogens is 202 g/mol. The topological polar surface area (TPSA) is 30.5 Å². The first-order valence-electron chi connectivity index (χ1n) is 6.68. The van der Waals surface area contributed by atoms with E-state index in [9.17, 15) is 0 Å². The molecule has 1 aliphatic carbocycles. The Bertz CT molecular complexity index is 158. The van der Waals surface area contributed by atoms with Crippen molar-refractivity contribution in [3.8, 4) is 0 Å². The van der Waals surface area contributed by atoms with Crippen LogP contribution in [0.2, 0.25) is 0 Å². The zero-order chi connectivity index (χ0) is 11.6. The molecule has 0 aliphatic heterocycles. The molecule has 1 rings (SSSR count). The Morgan fingerprint density at radius 1 is 1.25 bits per heavy atom. The summed E-state index contributed by atoms with van der Waals surface area (Å²) in [5.74, 6) is 0. The normalized spacial score (nSPS) is 19.9. The average molecular weight is 229 g/mol. The van der Waals surface area contributed by atoms with Crippen molar-refractivity contribution in [2.24, 2.45) is 0 Å². The summed E-state index contributed by atoms with van der Waals surface area (Å²) >= 11 is 0. The standard InChI is InChI=1S/C13H27NO2/c1-12(11-14-9-6-10-15-2)16-13-7-4-3-5-8-13/h12-14H,3-11H2,1-2H3. The minimum Gasteiger partial charge on any atom is -0.385 e. The maximum absolute atomic E-state index is 6.00. The van der Waals surface area contributed by atoms with Crippen molar-refractivity contribution in [2.45, 2.75) is 57.7 Å². The van der Waals surface area contributed by atoms with Gasteiger partial charge in [-0.1, -0.05) is 19.3 Å². The van der Waals surface area contributed by atoms with Gasteiger partial charge in [-0.25, -0.2) is 0 Å². The summed E-state index contributed by atoms with van der Waals surface area (Å²) in [4.78, 5) is 0. The third-order valence-electron chi connectivity index (χ3n) is 3.11. The van der Waals surface area contributed by atoms with E-state index in [1.807, 2.05) is 0 Å². The largest absolute Gasteiger partial charge is 0.385 e. The third-order valence-corrected chi connectivity index (χ3v) is 3.11. The van der Waals surface area contributed by atoms with E-state index in [0.717, 1.165) is 26.1 Å². The van der Waals surface area contributed by atoms with Crippen molar-refractivity contribution in [1.29, 1.82) is 0 Å². The summed E-state index contributed by atoms with van der Waals surface area (Å²) in [7, 11) is 1.74. The first-order valence-corrected chi connectivity index (χ1v) is 6.68. The SMILES string of the molecule is COCCCNCC(C)OC1CCCCC1. The van der Waals surface area contributed by atoms with Crippen LogP contribution in [0.4, 0.5) is 0 Å². The fourth-order valence-corrected chi connectivity index (χ4v) is 2.22. The molecule has 0 saturated heterocycles. The molecule has 3 nitrogen and oxygen atoms in total. The van der Waals surface area contributed by atoms with Gasteiger partial charge in [-0.15, -0.1) is 0 Å². The van der Waals surface area contributed by atoms with Crippen molar-refractivity contribution in [3.63, 3.8) is 0 Å². The van der Waals surface area contributed by atoms with Crippen LogP contribution in [0.15, 0.2) is 0 Å². The Balaban J connectivity index is 1.95. The van der Waals surface area contributed by atoms with Crippen LogP contribution in [0.1, 0.15) is 45.4 Å². The Morgan fingerprint density at radius 2 is 2.00 bits per heavy atom. The van der Waals surface area contributed by atoms with E-state index in [0.29, 0.717) is 12.2 Å². The Labute approximate surface area is 99.9 Å². The Morgan fingerprint density at radius 3 is 2.69 bits per heavy atom. The molecular formula is C13H27NO2. The number of hydrogen-bond acceptors (Lipinski definition) is 3. The highest BCUT2D eigenvalue weighted by molar-refractivity contribution is 4.67. The number of nitrogens with one attached hydrogen (secondary N) is 1. The van der Waals surface area contributed by atoms with Crippen LogP contribution in [0, 0.1) is 0 Å². The molecule has 1 unspecified atom stereocenters. The molecule has 1 N–H and O–H groups in total. The van der Waals surface area contributed by atoms with Gasteiger partial charge in [0.05, 0.1) is 12.2 Å². The maximum atomic E-state index is 6.00. The smallest absolute Gasteiger partial charge is 0.0675 e. The Hall–Kier alpha value is -0.120. The highest BCUT2D eigenvalue weighted by Crippen LogP contribution is 2.21. The van der Waals surface area contributed by atoms with Crippen LogP contribution in [0.5, 0.6) is 0 Å². The van der Waals surface area contributed by atoms with Gasteiger partial charge in [0.15, 0.2) is 0 Å². The van der Waals surface area contributed by atoms with Crippen molar-refractivity contribution in [3.05, 3.63) is 0 Å². The molecule has 0 aromatic heterocycles. The van der Waals surface area contributed by atoms with Gasteiger partial charge in [0, 0.05) is 20.3 Å². The molecule has 0 spiro atoms. The molecule has 96 valence electrons. The number of methoxy groups -OCH3 is 1. The lowest BCUT2D eigenvalue weighted by Gasteiger charge is -2.25. The number of rotatable bonds is 8. The average Bonchev–Trinajstić information content (AvgIpc) is 2.30. The van der Waals surface area contributed by atoms with E-state index < -0.39 is 0 Å². The molecule has 0 aromatic rings. The summed E-state index contributed by atoms with van der Waals surface area (Å²) < 4.78 is 11.0. The molecule has 0 bridgehead atoms. The van der Waals surface area contributed by atoms with Crippen LogP contribution >= 0.6 is 0 Å². The minimum absolute atomic E-state index is 0.339. The van der Waals surface area contributed by atoms with Gasteiger partial charge < -0.3 is 14.8 Å². The second-order valence-corrected chi connectivity index (χ2v) is 4.76. The summed E-state index contributed by atoms with van der Waals surface area (Å²) in [6.45, 7) is 4.98. The van der Waals surface area contributed by atoms with E-state index in [4.69, 9.17) is 9.47 Å². The molecule has 3 heteroatoms. The maximum Gasteiger partial charge on any atom is 0.0675 e. The molecule has 0 heterocycles. The van der Waals surface area contributed by atoms with Gasteiger partial charge in [-0.05, 0) is 32.7 Å². The Kier molecular flexibility index (Phi) is 7.81. The molecule has 0 aromatic carbocycles. The van der Waals surface area contributed by atoms with Crippen molar-refractivity contribution in [1.82, 2.24) is 5.32 Å². The van der Waals surface area contributed by atoms with Gasteiger partial charge in [-0.2, -0.15) is 0 Å². The van der Waals surface area contributed by atoms with Crippen LogP contribution in [0.3, 0.4) is 0 Å². The highest BCUT2D eigenvalue weighted by Gasteiger charge is 2.16. The van der Waals surface area contributed by atoms with Crippen LogP contribution < -0.4 is 5.32 Å². The molecule has 0 radical (unpaired) electrons. The first-order chi connectivity index (χ1) is 7.83. The van der Waals surface area contributed by atoms with Gasteiger partial charge in [0.25, 0.3) is 0 Å². The van der Waals surface area contributed by atoms with Gasteiger partial charge in [0.2, 0.25) is 0 Å². The third kappa shape index (κ3) is 6.46. The lowest BCUT2D eigenvalue weighted by molar-refractivity contribution is -0.0198. The van der Waals surface area contributed by atoms with E-state index >= 15 is 0 Å². The van der Waals surface area contributed by atoms with Gasteiger partial charge in [-0.3, -0.25) is 0 Å². The molecule has 0 amide bonds. The first kappa shape index (κ1) is 13.9. The second-order valence-electron chi connectivity index (χ2n) is 4.76. The summed E-state index contributed by atoms with van der Waals surface area (Å²) in [6.07, 6.45) is 8.53. The second kappa shape index (κ2) is 8.97. The van der Waals surface area contributed by atoms with Crippen LogP contribution in [0.25, 0.3) is 0 Å². The predicted molar refractivity (Wildman–Crippen MR) is 66.8 cm³/mol. The number of hydrogen-bond donors (Lipinski definition) is 1. The highest BCUT2D eigenvalue weighted by atomic mass is 16.5. The summed E-state index contributed by atoms with van der Waals surface area (Å²) in [5, 5.41) is 3.40. The lowest BCUT2D eigenvalue weighted by Crippen LogP contribution is -2.32. The molecule has 16 heavy (non-hydrogen) atoms. The monoisotopic (exact) mass is 229 g/mol. The summed E-state index contributed by atoms with van der Waals surface area (Å²) in [6, 6.07) is 0. The van der Waals surface area contributed by atoms with E-state index in [1.165, 1.54) is 32.1 Å². The van der Waals surface area contributed by atoms with Crippen LogP contribution in [-0.4, -0.2) is 39.0 Å². The fraction of sp³-hybridized carbons (Fsp3) is 1.00. The molecule has 1 fully saturated rings. The van der Waals surface area contributed by atoms with Crippen molar-refractivity contribution < 1.29 is 9.47 Å².